The predicted octanol–water partition coefficient (Wildman–Crippen LogP) is 3.17. The summed E-state index contributed by atoms with van der Waals surface area (Å²) in [4.78, 5) is 19.0. The number of hydrogen-bond donors (Lipinski definition) is 0. The molecule has 132 valence electrons. The molecule has 2 aliphatic heterocycles. The molecule has 1 spiro atoms. The van der Waals surface area contributed by atoms with Crippen LogP contribution in [-0.2, 0) is 9.47 Å². The van der Waals surface area contributed by atoms with E-state index in [9.17, 15) is 9.18 Å². The smallest absolute Gasteiger partial charge is 0.341 e. The summed E-state index contributed by atoms with van der Waals surface area (Å²) in [5.41, 5.74) is 1.94. The maximum Gasteiger partial charge on any atom is 0.341 e. The molecular weight excluding hydrogens is 323 g/mol. The number of carbonyl (C=O) groups is 1. The van der Waals surface area contributed by atoms with Crippen molar-refractivity contribution in [1.29, 1.82) is 0 Å². The Labute approximate surface area is 145 Å². The normalized spacial score (nSPS) is 22.9. The quantitative estimate of drug-likeness (QED) is 0.801. The molecular formula is C19H21FN2O3. The Morgan fingerprint density at radius 2 is 2.32 bits per heavy atom. The van der Waals surface area contributed by atoms with Gasteiger partial charge in [-0.2, -0.15) is 0 Å². The molecule has 2 aromatic rings. The Morgan fingerprint density at radius 1 is 1.44 bits per heavy atom. The van der Waals surface area contributed by atoms with E-state index in [0.29, 0.717) is 16.5 Å². The van der Waals surface area contributed by atoms with Crippen LogP contribution >= 0.6 is 0 Å². The summed E-state index contributed by atoms with van der Waals surface area (Å²) in [7, 11) is 0. The second-order valence-corrected chi connectivity index (χ2v) is 6.88. The molecule has 0 N–H and O–H groups in total. The van der Waals surface area contributed by atoms with Gasteiger partial charge in [0, 0.05) is 36.7 Å². The molecule has 0 aliphatic carbocycles. The van der Waals surface area contributed by atoms with E-state index in [1.807, 2.05) is 0 Å². The van der Waals surface area contributed by atoms with Crippen molar-refractivity contribution in [2.45, 2.75) is 19.8 Å². The van der Waals surface area contributed by atoms with Crippen LogP contribution in [0.4, 0.5) is 10.1 Å². The number of esters is 1. The van der Waals surface area contributed by atoms with Gasteiger partial charge in [0.15, 0.2) is 0 Å². The maximum absolute atomic E-state index is 13.9. The van der Waals surface area contributed by atoms with Crippen molar-refractivity contribution in [3.8, 4) is 0 Å². The number of halogens is 1. The highest BCUT2D eigenvalue weighted by atomic mass is 19.1. The Bertz CT molecular complexity index is 818. The van der Waals surface area contributed by atoms with E-state index < -0.39 is 5.97 Å². The zero-order valence-corrected chi connectivity index (χ0v) is 14.3. The van der Waals surface area contributed by atoms with Crippen LogP contribution in [0.1, 0.15) is 30.1 Å². The van der Waals surface area contributed by atoms with Crippen LogP contribution in [0.25, 0.3) is 10.9 Å². The Hall–Kier alpha value is -2.21. The summed E-state index contributed by atoms with van der Waals surface area (Å²) < 4.78 is 24.7. The van der Waals surface area contributed by atoms with E-state index in [4.69, 9.17) is 9.47 Å². The van der Waals surface area contributed by atoms with Crippen LogP contribution in [-0.4, -0.2) is 43.9 Å². The van der Waals surface area contributed by atoms with E-state index in [2.05, 4.69) is 9.88 Å². The minimum Gasteiger partial charge on any atom is -0.462 e. The first-order valence-corrected chi connectivity index (χ1v) is 8.70. The fourth-order valence-corrected chi connectivity index (χ4v) is 3.95. The third-order valence-corrected chi connectivity index (χ3v) is 5.24. The van der Waals surface area contributed by atoms with Crippen molar-refractivity contribution in [3.63, 3.8) is 0 Å². The summed E-state index contributed by atoms with van der Waals surface area (Å²) in [5.74, 6) is -0.755. The average molecular weight is 344 g/mol. The van der Waals surface area contributed by atoms with Crippen LogP contribution in [0, 0.1) is 11.2 Å². The van der Waals surface area contributed by atoms with Crippen molar-refractivity contribution < 1.29 is 18.7 Å². The van der Waals surface area contributed by atoms with Crippen LogP contribution in [0.3, 0.4) is 0 Å². The minimum atomic E-state index is -0.417. The molecule has 1 atom stereocenters. The van der Waals surface area contributed by atoms with Gasteiger partial charge in [-0.1, -0.05) is 0 Å². The Balaban J connectivity index is 1.82. The van der Waals surface area contributed by atoms with E-state index in [1.165, 1.54) is 12.1 Å². The number of pyridine rings is 1. The number of fused-ring (bicyclic) bond motifs is 1. The maximum atomic E-state index is 13.9. The van der Waals surface area contributed by atoms with E-state index in [-0.39, 0.29) is 17.8 Å². The average Bonchev–Trinajstić information content (AvgIpc) is 3.24. The fourth-order valence-electron chi connectivity index (χ4n) is 3.95. The van der Waals surface area contributed by atoms with Gasteiger partial charge in [0.1, 0.15) is 11.4 Å². The topological polar surface area (TPSA) is 51.7 Å². The summed E-state index contributed by atoms with van der Waals surface area (Å²) in [5, 5.41) is 0.654. The second kappa shape index (κ2) is 6.26. The summed E-state index contributed by atoms with van der Waals surface area (Å²) in [6.45, 7) is 5.20. The van der Waals surface area contributed by atoms with E-state index >= 15 is 0 Å². The summed E-state index contributed by atoms with van der Waals surface area (Å²) in [6, 6.07) is 4.49. The highest BCUT2D eigenvalue weighted by Gasteiger charge is 2.42. The molecule has 6 heteroatoms. The Morgan fingerprint density at radius 3 is 3.08 bits per heavy atom. The summed E-state index contributed by atoms with van der Waals surface area (Å²) in [6.07, 6.45) is 3.58. The van der Waals surface area contributed by atoms with Gasteiger partial charge in [-0.25, -0.2) is 9.18 Å². The van der Waals surface area contributed by atoms with Gasteiger partial charge in [0.2, 0.25) is 0 Å². The molecule has 4 rings (SSSR count). The van der Waals surface area contributed by atoms with E-state index in [1.54, 1.807) is 19.2 Å². The van der Waals surface area contributed by atoms with Crippen molar-refractivity contribution in [2.75, 3.05) is 37.8 Å². The number of rotatable bonds is 3. The zero-order chi connectivity index (χ0) is 17.4. The number of ether oxygens (including phenoxy) is 2. The zero-order valence-electron chi connectivity index (χ0n) is 14.3. The van der Waals surface area contributed by atoms with Gasteiger partial charge >= 0.3 is 5.97 Å². The number of anilines is 1. The van der Waals surface area contributed by atoms with E-state index in [0.717, 1.165) is 44.8 Å². The predicted molar refractivity (Wildman–Crippen MR) is 92.4 cm³/mol. The number of hydrogen-bond acceptors (Lipinski definition) is 5. The van der Waals surface area contributed by atoms with Crippen LogP contribution in [0.5, 0.6) is 0 Å². The summed E-state index contributed by atoms with van der Waals surface area (Å²) >= 11 is 0. The molecule has 2 aliphatic rings. The van der Waals surface area contributed by atoms with Gasteiger partial charge < -0.3 is 14.4 Å². The van der Waals surface area contributed by atoms with Crippen LogP contribution < -0.4 is 4.90 Å². The molecule has 2 fully saturated rings. The SMILES string of the molecule is CCOC(=O)c1cnc2ccc(F)cc2c1N1CCC2(CCOC2)C1. The molecule has 0 radical (unpaired) electrons. The molecule has 0 saturated carbocycles. The minimum absolute atomic E-state index is 0.134. The lowest BCUT2D eigenvalue weighted by Crippen LogP contribution is -2.29. The van der Waals surface area contributed by atoms with Gasteiger partial charge in [0.25, 0.3) is 0 Å². The third kappa shape index (κ3) is 2.84. The molecule has 0 amide bonds. The standard InChI is InChI=1S/C19H21FN2O3/c1-2-25-18(23)15-10-21-16-4-3-13(20)9-14(16)17(15)22-7-5-19(11-22)6-8-24-12-19/h3-4,9-10H,2,5-8,11-12H2,1H3. The largest absolute Gasteiger partial charge is 0.462 e. The Kier molecular flexibility index (Phi) is 4.07. The lowest BCUT2D eigenvalue weighted by atomic mass is 9.87. The molecule has 2 saturated heterocycles. The number of benzene rings is 1. The molecule has 1 aromatic carbocycles. The van der Waals surface area contributed by atoms with Gasteiger partial charge in [0.05, 0.1) is 24.4 Å². The van der Waals surface area contributed by atoms with Crippen molar-refractivity contribution in [1.82, 2.24) is 4.98 Å². The second-order valence-electron chi connectivity index (χ2n) is 6.88. The van der Waals surface area contributed by atoms with Gasteiger partial charge in [-0.15, -0.1) is 0 Å². The molecule has 25 heavy (non-hydrogen) atoms. The first-order valence-electron chi connectivity index (χ1n) is 8.70. The van der Waals surface area contributed by atoms with Gasteiger partial charge in [-0.05, 0) is 38.0 Å². The number of aromatic nitrogens is 1. The van der Waals surface area contributed by atoms with Crippen molar-refractivity contribution >= 4 is 22.6 Å². The van der Waals surface area contributed by atoms with Crippen LogP contribution in [0.15, 0.2) is 24.4 Å². The fraction of sp³-hybridized carbons (Fsp3) is 0.474. The van der Waals surface area contributed by atoms with Gasteiger partial charge in [-0.3, -0.25) is 4.98 Å². The molecule has 0 bridgehead atoms. The molecule has 3 heterocycles. The lowest BCUT2D eigenvalue weighted by molar-refractivity contribution is 0.0527. The highest BCUT2D eigenvalue weighted by molar-refractivity contribution is 6.05. The molecule has 1 aromatic heterocycles. The first kappa shape index (κ1) is 16.3. The lowest BCUT2D eigenvalue weighted by Gasteiger charge is -2.26. The third-order valence-electron chi connectivity index (χ3n) is 5.24. The number of nitrogens with zero attached hydrogens (tertiary/aromatic N) is 2. The van der Waals surface area contributed by atoms with Crippen molar-refractivity contribution in [3.05, 3.63) is 35.8 Å². The molecule has 1 unspecified atom stereocenters. The highest BCUT2D eigenvalue weighted by Crippen LogP contribution is 2.42. The monoisotopic (exact) mass is 344 g/mol. The van der Waals surface area contributed by atoms with Crippen molar-refractivity contribution in [2.24, 2.45) is 5.41 Å². The van der Waals surface area contributed by atoms with Crippen LogP contribution in [0.2, 0.25) is 0 Å². The number of carbonyl (C=O) groups excluding carboxylic acids is 1. The first-order chi connectivity index (χ1) is 12.1. The molecule has 5 nitrogen and oxygen atoms in total.